The predicted octanol–water partition coefficient (Wildman–Crippen LogP) is 3.83. The van der Waals surface area contributed by atoms with Crippen LogP contribution in [0.5, 0.6) is 5.75 Å². The normalized spacial score (nSPS) is 11.0. The molecule has 0 saturated carbocycles. The van der Waals surface area contributed by atoms with Crippen LogP contribution in [0.25, 0.3) is 0 Å². The van der Waals surface area contributed by atoms with Crippen LogP contribution < -0.4 is 15.4 Å². The first-order chi connectivity index (χ1) is 15.5. The lowest BCUT2D eigenvalue weighted by Gasteiger charge is -2.13. The quantitative estimate of drug-likeness (QED) is 0.421. The first kappa shape index (κ1) is 22.9. The summed E-state index contributed by atoms with van der Waals surface area (Å²) in [6, 6.07) is 25.7. The average Bonchev–Trinajstić information content (AvgIpc) is 2.84. The summed E-state index contributed by atoms with van der Waals surface area (Å²) >= 11 is 0. The van der Waals surface area contributed by atoms with Crippen molar-refractivity contribution < 1.29 is 9.53 Å². The maximum atomic E-state index is 12.0. The molecule has 6 nitrogen and oxygen atoms in total. The van der Waals surface area contributed by atoms with Crippen molar-refractivity contribution in [1.82, 2.24) is 15.5 Å². The Kier molecular flexibility index (Phi) is 8.26. The van der Waals surface area contributed by atoms with E-state index in [1.807, 2.05) is 66.7 Å². The molecule has 0 aliphatic rings. The summed E-state index contributed by atoms with van der Waals surface area (Å²) < 4.78 is 5.84. The molecule has 3 rings (SSSR count). The molecule has 0 aliphatic heterocycles. The first-order valence-corrected chi connectivity index (χ1v) is 10.6. The fraction of sp³-hybridized carbons (Fsp3) is 0.231. The van der Waals surface area contributed by atoms with Crippen molar-refractivity contribution in [2.75, 3.05) is 21.1 Å². The molecule has 166 valence electrons. The van der Waals surface area contributed by atoms with Gasteiger partial charge in [0, 0.05) is 39.8 Å². The Morgan fingerprint density at radius 3 is 1.91 bits per heavy atom. The third-order valence-corrected chi connectivity index (χ3v) is 4.92. The molecule has 0 aliphatic carbocycles. The molecule has 0 spiro atoms. The lowest BCUT2D eigenvalue weighted by molar-refractivity contribution is 0.0827. The van der Waals surface area contributed by atoms with Crippen LogP contribution >= 0.6 is 0 Å². The highest BCUT2D eigenvalue weighted by Gasteiger charge is 2.07. The Morgan fingerprint density at radius 2 is 1.38 bits per heavy atom. The summed E-state index contributed by atoms with van der Waals surface area (Å²) in [6.45, 7) is 1.82. The third kappa shape index (κ3) is 6.87. The second kappa shape index (κ2) is 11.6. The highest BCUT2D eigenvalue weighted by molar-refractivity contribution is 5.93. The molecule has 3 aromatic carbocycles. The number of carbonyl (C=O) groups excluding carboxylic acids is 1. The number of hydrogen-bond acceptors (Lipinski definition) is 3. The van der Waals surface area contributed by atoms with Gasteiger partial charge in [0.05, 0.1) is 0 Å². The number of ether oxygens (including phenoxy) is 1. The molecule has 2 N–H and O–H groups in total. The number of nitrogens with one attached hydrogen (secondary N) is 2. The number of amides is 1. The molecule has 3 aromatic rings. The molecule has 0 atom stereocenters. The van der Waals surface area contributed by atoms with E-state index in [0.717, 1.165) is 22.4 Å². The molecule has 6 heteroatoms. The van der Waals surface area contributed by atoms with E-state index >= 15 is 0 Å². The fourth-order valence-corrected chi connectivity index (χ4v) is 3.06. The van der Waals surface area contributed by atoms with Crippen molar-refractivity contribution in [3.05, 3.63) is 101 Å². The van der Waals surface area contributed by atoms with Gasteiger partial charge < -0.3 is 20.3 Å². The number of guanidine groups is 1. The van der Waals surface area contributed by atoms with E-state index in [0.29, 0.717) is 31.2 Å². The molecule has 0 unspecified atom stereocenters. The summed E-state index contributed by atoms with van der Waals surface area (Å²) in [6.07, 6.45) is 0. The molecule has 0 bridgehead atoms. The second-order valence-corrected chi connectivity index (χ2v) is 7.59. The minimum atomic E-state index is -0.00142. The SMILES string of the molecule is CN=C(NCc1ccc(OCc2ccccc2)cc1)NCc1ccc(C(=O)N(C)C)cc1. The Bertz CT molecular complexity index is 1010. The lowest BCUT2D eigenvalue weighted by atomic mass is 10.1. The minimum Gasteiger partial charge on any atom is -0.489 e. The van der Waals surface area contributed by atoms with Crippen LogP contribution in [0.4, 0.5) is 0 Å². The van der Waals surface area contributed by atoms with Gasteiger partial charge in [0.1, 0.15) is 12.4 Å². The van der Waals surface area contributed by atoms with E-state index in [1.165, 1.54) is 0 Å². The van der Waals surface area contributed by atoms with Gasteiger partial charge in [0.15, 0.2) is 5.96 Å². The molecular weight excluding hydrogens is 400 g/mol. The first-order valence-electron chi connectivity index (χ1n) is 10.6. The van der Waals surface area contributed by atoms with Gasteiger partial charge in [-0.3, -0.25) is 9.79 Å². The number of rotatable bonds is 8. The van der Waals surface area contributed by atoms with Gasteiger partial charge in [-0.05, 0) is 41.0 Å². The Hall–Kier alpha value is -3.80. The van der Waals surface area contributed by atoms with Crippen molar-refractivity contribution >= 4 is 11.9 Å². The van der Waals surface area contributed by atoms with Crippen LogP contribution in [0.15, 0.2) is 83.9 Å². The standard InChI is InChI=1S/C26H30N4O2/c1-27-26(28-17-20-9-13-23(14-10-20)25(31)30(2)3)29-18-21-11-15-24(16-12-21)32-19-22-7-5-4-6-8-22/h4-16H,17-19H2,1-3H3,(H2,27,28,29). The number of hydrogen-bond donors (Lipinski definition) is 2. The maximum Gasteiger partial charge on any atom is 0.253 e. The molecule has 32 heavy (non-hydrogen) atoms. The summed E-state index contributed by atoms with van der Waals surface area (Å²) in [7, 11) is 5.24. The van der Waals surface area contributed by atoms with E-state index in [1.54, 1.807) is 26.0 Å². The van der Waals surface area contributed by atoms with E-state index in [4.69, 9.17) is 4.74 Å². The van der Waals surface area contributed by atoms with Crippen LogP contribution in [0.1, 0.15) is 27.0 Å². The van der Waals surface area contributed by atoms with Gasteiger partial charge in [0.25, 0.3) is 5.91 Å². The van der Waals surface area contributed by atoms with E-state index in [9.17, 15) is 4.79 Å². The minimum absolute atomic E-state index is 0.00142. The van der Waals surface area contributed by atoms with E-state index in [-0.39, 0.29) is 5.91 Å². The summed E-state index contributed by atoms with van der Waals surface area (Å²) in [5, 5.41) is 6.61. The maximum absolute atomic E-state index is 12.0. The van der Waals surface area contributed by atoms with Gasteiger partial charge in [-0.1, -0.05) is 54.6 Å². The Morgan fingerprint density at radius 1 is 0.812 bits per heavy atom. The van der Waals surface area contributed by atoms with Gasteiger partial charge >= 0.3 is 0 Å². The number of nitrogens with zero attached hydrogens (tertiary/aromatic N) is 2. The third-order valence-electron chi connectivity index (χ3n) is 4.92. The molecule has 0 fully saturated rings. The van der Waals surface area contributed by atoms with Gasteiger partial charge in [0.2, 0.25) is 0 Å². The topological polar surface area (TPSA) is 66.0 Å². The van der Waals surface area contributed by atoms with Crippen LogP contribution in [0, 0.1) is 0 Å². The Labute approximate surface area is 189 Å². The average molecular weight is 431 g/mol. The summed E-state index contributed by atoms with van der Waals surface area (Å²) in [5.74, 6) is 1.55. The molecule has 0 aromatic heterocycles. The van der Waals surface area contributed by atoms with Crippen molar-refractivity contribution in [3.63, 3.8) is 0 Å². The number of carbonyl (C=O) groups is 1. The van der Waals surface area contributed by atoms with Crippen molar-refractivity contribution in [2.45, 2.75) is 19.7 Å². The zero-order valence-electron chi connectivity index (χ0n) is 18.8. The predicted molar refractivity (Wildman–Crippen MR) is 129 cm³/mol. The molecule has 1 amide bonds. The van der Waals surface area contributed by atoms with Crippen LogP contribution in [0.3, 0.4) is 0 Å². The van der Waals surface area contributed by atoms with Crippen molar-refractivity contribution in [3.8, 4) is 5.75 Å². The van der Waals surface area contributed by atoms with E-state index < -0.39 is 0 Å². The monoisotopic (exact) mass is 430 g/mol. The second-order valence-electron chi connectivity index (χ2n) is 7.59. The zero-order valence-corrected chi connectivity index (χ0v) is 18.8. The Balaban J connectivity index is 1.44. The molecule has 0 radical (unpaired) electrons. The summed E-state index contributed by atoms with van der Waals surface area (Å²) in [4.78, 5) is 17.8. The molecule has 0 heterocycles. The van der Waals surface area contributed by atoms with Gasteiger partial charge in [-0.15, -0.1) is 0 Å². The van der Waals surface area contributed by atoms with Gasteiger partial charge in [-0.2, -0.15) is 0 Å². The van der Waals surface area contributed by atoms with Crippen LogP contribution in [0.2, 0.25) is 0 Å². The van der Waals surface area contributed by atoms with Crippen LogP contribution in [-0.4, -0.2) is 37.9 Å². The molecular formula is C26H30N4O2. The highest BCUT2D eigenvalue weighted by atomic mass is 16.5. The summed E-state index contributed by atoms with van der Waals surface area (Å²) in [5.41, 5.74) is 4.03. The van der Waals surface area contributed by atoms with Crippen molar-refractivity contribution in [2.24, 2.45) is 4.99 Å². The number of benzene rings is 3. The largest absolute Gasteiger partial charge is 0.489 e. The molecule has 0 saturated heterocycles. The zero-order chi connectivity index (χ0) is 22.8. The fourth-order valence-electron chi connectivity index (χ4n) is 3.06. The van der Waals surface area contributed by atoms with E-state index in [2.05, 4.69) is 27.8 Å². The highest BCUT2D eigenvalue weighted by Crippen LogP contribution is 2.14. The lowest BCUT2D eigenvalue weighted by Crippen LogP contribution is -2.36. The van der Waals surface area contributed by atoms with Crippen LogP contribution in [-0.2, 0) is 19.7 Å². The number of aliphatic imine (C=N–C) groups is 1. The van der Waals surface area contributed by atoms with Crippen molar-refractivity contribution in [1.29, 1.82) is 0 Å². The smallest absolute Gasteiger partial charge is 0.253 e. The van der Waals surface area contributed by atoms with Gasteiger partial charge in [-0.25, -0.2) is 0 Å².